The highest BCUT2D eigenvalue weighted by Gasteiger charge is 2.23. The normalized spacial score (nSPS) is 12.0. The number of unbranched alkanes of at least 4 members (excludes halogenated alkanes) is 7. The summed E-state index contributed by atoms with van der Waals surface area (Å²) in [5.74, 6) is 0. The third kappa shape index (κ3) is 15.0. The van der Waals surface area contributed by atoms with Crippen LogP contribution >= 0.6 is 33.2 Å². The smallest absolute Gasteiger partial charge is 0.341 e. The quantitative estimate of drug-likeness (QED) is 0.350. The lowest BCUT2D eigenvalue weighted by Crippen LogP contribution is -2.07. The first-order chi connectivity index (χ1) is 7.06. The molecular formula is C10H21Cl3OSi. The van der Waals surface area contributed by atoms with Crippen LogP contribution in [0.1, 0.15) is 51.4 Å². The van der Waals surface area contributed by atoms with Crippen molar-refractivity contribution in [2.45, 2.75) is 57.4 Å². The summed E-state index contributed by atoms with van der Waals surface area (Å²) in [6.07, 6.45) is 9.35. The van der Waals surface area contributed by atoms with Gasteiger partial charge in [0.1, 0.15) is 0 Å². The molecule has 0 aliphatic carbocycles. The van der Waals surface area contributed by atoms with Crippen molar-refractivity contribution in [3.05, 3.63) is 0 Å². The maximum Gasteiger partial charge on any atom is 0.341 e. The summed E-state index contributed by atoms with van der Waals surface area (Å²) in [4.78, 5) is 0. The van der Waals surface area contributed by atoms with E-state index in [1.54, 1.807) is 0 Å². The van der Waals surface area contributed by atoms with E-state index in [-0.39, 0.29) is 0 Å². The van der Waals surface area contributed by atoms with Gasteiger partial charge in [0.25, 0.3) is 0 Å². The van der Waals surface area contributed by atoms with Crippen LogP contribution in [0.25, 0.3) is 0 Å². The van der Waals surface area contributed by atoms with Crippen molar-refractivity contribution >= 4 is 39.2 Å². The van der Waals surface area contributed by atoms with Gasteiger partial charge in [-0.2, -0.15) is 0 Å². The molecule has 92 valence electrons. The minimum absolute atomic E-state index is 0.327. The molecule has 0 aromatic carbocycles. The molecule has 0 atom stereocenters. The molecular weight excluding hydrogens is 271 g/mol. The zero-order valence-corrected chi connectivity index (χ0v) is 12.4. The Morgan fingerprint density at radius 3 is 1.47 bits per heavy atom. The first kappa shape index (κ1) is 16.0. The monoisotopic (exact) mass is 290 g/mol. The SMILES string of the molecule is OCCCCCCCCCC[Si](Cl)(Cl)Cl. The summed E-state index contributed by atoms with van der Waals surface area (Å²) < 4.78 is 0. The van der Waals surface area contributed by atoms with Gasteiger partial charge in [-0.3, -0.25) is 0 Å². The molecule has 1 nitrogen and oxygen atoms in total. The maximum atomic E-state index is 8.58. The molecule has 0 fully saturated rings. The summed E-state index contributed by atoms with van der Waals surface area (Å²) in [6.45, 7) is 0.327. The number of hydrogen-bond acceptors (Lipinski definition) is 1. The molecule has 5 heteroatoms. The molecule has 0 amide bonds. The largest absolute Gasteiger partial charge is 0.396 e. The van der Waals surface area contributed by atoms with Crippen LogP contribution in [0, 0.1) is 0 Å². The number of rotatable bonds is 10. The van der Waals surface area contributed by atoms with E-state index < -0.39 is 6.00 Å². The van der Waals surface area contributed by atoms with E-state index in [1.807, 2.05) is 0 Å². The fraction of sp³-hybridized carbons (Fsp3) is 1.00. The number of aliphatic hydroxyl groups is 1. The van der Waals surface area contributed by atoms with Crippen LogP contribution < -0.4 is 0 Å². The van der Waals surface area contributed by atoms with Crippen LogP contribution in [0.3, 0.4) is 0 Å². The van der Waals surface area contributed by atoms with Crippen molar-refractivity contribution in [3.63, 3.8) is 0 Å². The van der Waals surface area contributed by atoms with Crippen molar-refractivity contribution in [2.24, 2.45) is 0 Å². The molecule has 0 aromatic rings. The van der Waals surface area contributed by atoms with Crippen LogP contribution in [-0.2, 0) is 0 Å². The van der Waals surface area contributed by atoms with Gasteiger partial charge in [-0.1, -0.05) is 44.9 Å². The zero-order valence-electron chi connectivity index (χ0n) is 9.15. The second-order valence-electron chi connectivity index (χ2n) is 3.92. The summed E-state index contributed by atoms with van der Waals surface area (Å²) in [5, 5.41) is 8.58. The molecule has 0 saturated heterocycles. The van der Waals surface area contributed by atoms with E-state index in [0.717, 1.165) is 25.3 Å². The Kier molecular flexibility index (Phi) is 10.9. The van der Waals surface area contributed by atoms with Crippen LogP contribution in [-0.4, -0.2) is 17.7 Å². The van der Waals surface area contributed by atoms with E-state index in [4.69, 9.17) is 38.3 Å². The lowest BCUT2D eigenvalue weighted by atomic mass is 10.1. The van der Waals surface area contributed by atoms with Gasteiger partial charge in [0.05, 0.1) is 0 Å². The van der Waals surface area contributed by atoms with E-state index >= 15 is 0 Å². The minimum Gasteiger partial charge on any atom is -0.396 e. The van der Waals surface area contributed by atoms with Gasteiger partial charge in [-0.05, 0) is 12.5 Å². The van der Waals surface area contributed by atoms with Crippen molar-refractivity contribution < 1.29 is 5.11 Å². The number of hydrogen-bond donors (Lipinski definition) is 1. The Bertz CT molecular complexity index is 139. The second-order valence-corrected chi connectivity index (χ2v) is 13.2. The summed E-state index contributed by atoms with van der Waals surface area (Å²) in [6, 6.07) is -1.56. The van der Waals surface area contributed by atoms with E-state index in [1.165, 1.54) is 32.1 Å². The third-order valence-corrected chi connectivity index (χ3v) is 4.99. The van der Waals surface area contributed by atoms with Gasteiger partial charge in [0.2, 0.25) is 0 Å². The first-order valence-electron chi connectivity index (χ1n) is 5.74. The van der Waals surface area contributed by atoms with Crippen molar-refractivity contribution in [2.75, 3.05) is 6.61 Å². The van der Waals surface area contributed by atoms with Gasteiger partial charge < -0.3 is 5.11 Å². The highest BCUT2D eigenvalue weighted by molar-refractivity contribution is 7.64. The topological polar surface area (TPSA) is 20.2 Å². The second kappa shape index (κ2) is 10.2. The molecule has 0 unspecified atom stereocenters. The summed E-state index contributed by atoms with van der Waals surface area (Å²) in [5.41, 5.74) is 0. The van der Waals surface area contributed by atoms with Crippen LogP contribution in [0.4, 0.5) is 0 Å². The highest BCUT2D eigenvalue weighted by atomic mass is 35.8. The molecule has 0 bridgehead atoms. The fourth-order valence-electron chi connectivity index (χ4n) is 1.50. The first-order valence-corrected chi connectivity index (χ1v) is 11.0. The van der Waals surface area contributed by atoms with E-state index in [9.17, 15) is 0 Å². The molecule has 0 saturated carbocycles. The standard InChI is InChI=1S/C10H21Cl3OSi/c11-15(12,13)10-8-6-4-2-1-3-5-7-9-14/h14H,1-10H2. The van der Waals surface area contributed by atoms with Gasteiger partial charge in [0, 0.05) is 6.61 Å². The molecule has 0 spiro atoms. The minimum atomic E-state index is -2.35. The predicted molar refractivity (Wildman–Crippen MR) is 72.1 cm³/mol. The molecule has 0 aromatic heterocycles. The Hall–Kier alpha value is 1.05. The Morgan fingerprint density at radius 1 is 0.667 bits per heavy atom. The Labute approximate surface area is 108 Å². The van der Waals surface area contributed by atoms with Crippen LogP contribution in [0.2, 0.25) is 6.04 Å². The zero-order chi connectivity index (χ0) is 11.6. The van der Waals surface area contributed by atoms with Gasteiger partial charge >= 0.3 is 6.00 Å². The third-order valence-electron chi connectivity index (χ3n) is 2.37. The molecule has 0 aliphatic rings. The van der Waals surface area contributed by atoms with Crippen molar-refractivity contribution in [1.29, 1.82) is 0 Å². The van der Waals surface area contributed by atoms with Crippen LogP contribution in [0.15, 0.2) is 0 Å². The van der Waals surface area contributed by atoms with E-state index in [0.29, 0.717) is 6.61 Å². The molecule has 0 aliphatic heterocycles. The maximum absolute atomic E-state index is 8.58. The Balaban J connectivity index is 2.99. The van der Waals surface area contributed by atoms with Gasteiger partial charge in [0.15, 0.2) is 0 Å². The predicted octanol–water partition coefficient (Wildman–Crippen LogP) is 4.75. The highest BCUT2D eigenvalue weighted by Crippen LogP contribution is 2.27. The van der Waals surface area contributed by atoms with Gasteiger partial charge in [-0.15, -0.1) is 33.2 Å². The molecule has 0 rings (SSSR count). The average Bonchev–Trinajstić information content (AvgIpc) is 2.14. The molecule has 0 radical (unpaired) electrons. The lowest BCUT2D eigenvalue weighted by molar-refractivity contribution is 0.282. The Morgan fingerprint density at radius 2 is 1.07 bits per heavy atom. The molecule has 1 N–H and O–H groups in total. The number of aliphatic hydroxyl groups excluding tert-OH is 1. The molecule has 15 heavy (non-hydrogen) atoms. The number of halogens is 3. The summed E-state index contributed by atoms with van der Waals surface area (Å²) in [7, 11) is 0. The van der Waals surface area contributed by atoms with Crippen molar-refractivity contribution in [1.82, 2.24) is 0 Å². The molecule has 0 heterocycles. The fourth-order valence-corrected chi connectivity index (χ4v) is 3.35. The van der Waals surface area contributed by atoms with Gasteiger partial charge in [-0.25, -0.2) is 0 Å². The van der Waals surface area contributed by atoms with Crippen LogP contribution in [0.5, 0.6) is 0 Å². The van der Waals surface area contributed by atoms with Crippen molar-refractivity contribution in [3.8, 4) is 0 Å². The average molecular weight is 292 g/mol. The summed E-state index contributed by atoms with van der Waals surface area (Å²) >= 11 is 17.3. The van der Waals surface area contributed by atoms with E-state index in [2.05, 4.69) is 0 Å². The lowest BCUT2D eigenvalue weighted by Gasteiger charge is -2.06.